The van der Waals surface area contributed by atoms with E-state index in [-0.39, 0.29) is 5.41 Å². The van der Waals surface area contributed by atoms with Crippen molar-refractivity contribution in [2.24, 2.45) is 5.73 Å². The Bertz CT molecular complexity index is 459. The number of aromatic amines is 1. The van der Waals surface area contributed by atoms with Crippen LogP contribution in [0.3, 0.4) is 0 Å². The molecular formula is C14H18N2. The van der Waals surface area contributed by atoms with E-state index in [9.17, 15) is 0 Å². The van der Waals surface area contributed by atoms with Crippen molar-refractivity contribution in [3.05, 3.63) is 36.0 Å². The Morgan fingerprint density at radius 1 is 1.19 bits per heavy atom. The first kappa shape index (κ1) is 9.91. The summed E-state index contributed by atoms with van der Waals surface area (Å²) in [6.07, 6.45) is 5.09. The minimum absolute atomic E-state index is 0.221. The molecule has 2 nitrogen and oxygen atoms in total. The molecule has 1 saturated carbocycles. The van der Waals surface area contributed by atoms with Crippen LogP contribution in [0.1, 0.15) is 31.4 Å². The van der Waals surface area contributed by atoms with Gasteiger partial charge in [-0.1, -0.05) is 31.0 Å². The topological polar surface area (TPSA) is 41.8 Å². The molecule has 3 N–H and O–H groups in total. The van der Waals surface area contributed by atoms with Crippen LogP contribution in [-0.4, -0.2) is 11.5 Å². The summed E-state index contributed by atoms with van der Waals surface area (Å²) >= 11 is 0. The molecule has 1 fully saturated rings. The van der Waals surface area contributed by atoms with Crippen LogP contribution in [0.2, 0.25) is 0 Å². The molecule has 0 aliphatic heterocycles. The van der Waals surface area contributed by atoms with E-state index < -0.39 is 0 Å². The zero-order chi connectivity index (χ0) is 11.0. The fourth-order valence-electron chi connectivity index (χ4n) is 2.99. The third kappa shape index (κ3) is 1.37. The largest absolute Gasteiger partial charge is 0.358 e. The SMILES string of the molecule is NCC1(c2cc3ccccc3[nH]2)CCCC1. The minimum atomic E-state index is 0.221. The summed E-state index contributed by atoms with van der Waals surface area (Å²) in [4.78, 5) is 3.55. The molecule has 0 amide bonds. The number of rotatable bonds is 2. The number of H-pyrrole nitrogens is 1. The van der Waals surface area contributed by atoms with E-state index in [1.807, 2.05) is 0 Å². The molecule has 2 aromatic rings. The third-order valence-electron chi connectivity index (χ3n) is 4.05. The van der Waals surface area contributed by atoms with Crippen LogP contribution in [0.5, 0.6) is 0 Å². The summed E-state index contributed by atoms with van der Waals surface area (Å²) in [6.45, 7) is 0.764. The molecule has 0 unspecified atom stereocenters. The van der Waals surface area contributed by atoms with E-state index in [1.54, 1.807) is 0 Å². The maximum Gasteiger partial charge on any atom is 0.0456 e. The van der Waals surface area contributed by atoms with Gasteiger partial charge < -0.3 is 10.7 Å². The van der Waals surface area contributed by atoms with Crippen LogP contribution in [0.4, 0.5) is 0 Å². The van der Waals surface area contributed by atoms with Crippen molar-refractivity contribution < 1.29 is 0 Å². The maximum atomic E-state index is 6.00. The number of para-hydroxylation sites is 1. The average molecular weight is 214 g/mol. The molecule has 3 rings (SSSR count). The number of hydrogen-bond donors (Lipinski definition) is 2. The smallest absolute Gasteiger partial charge is 0.0456 e. The number of aromatic nitrogens is 1. The lowest BCUT2D eigenvalue weighted by Crippen LogP contribution is -2.32. The molecule has 16 heavy (non-hydrogen) atoms. The van der Waals surface area contributed by atoms with E-state index in [1.165, 1.54) is 42.3 Å². The van der Waals surface area contributed by atoms with Crippen molar-refractivity contribution in [2.75, 3.05) is 6.54 Å². The molecule has 2 heteroatoms. The van der Waals surface area contributed by atoms with Gasteiger partial charge in [0.25, 0.3) is 0 Å². The lowest BCUT2D eigenvalue weighted by atomic mass is 9.83. The molecule has 1 heterocycles. The highest BCUT2D eigenvalue weighted by atomic mass is 14.8. The van der Waals surface area contributed by atoms with Crippen LogP contribution >= 0.6 is 0 Å². The first-order chi connectivity index (χ1) is 7.84. The Balaban J connectivity index is 2.10. The molecule has 0 spiro atoms. The van der Waals surface area contributed by atoms with Crippen molar-refractivity contribution in [1.82, 2.24) is 4.98 Å². The first-order valence-electron chi connectivity index (χ1n) is 6.12. The Morgan fingerprint density at radius 3 is 2.62 bits per heavy atom. The minimum Gasteiger partial charge on any atom is -0.358 e. The van der Waals surface area contributed by atoms with Crippen molar-refractivity contribution in [1.29, 1.82) is 0 Å². The highest BCUT2D eigenvalue weighted by Gasteiger charge is 2.35. The molecule has 1 aromatic heterocycles. The van der Waals surface area contributed by atoms with Gasteiger partial charge in [-0.2, -0.15) is 0 Å². The number of nitrogens with two attached hydrogens (primary N) is 1. The second kappa shape index (κ2) is 3.63. The maximum absolute atomic E-state index is 6.00. The Kier molecular flexibility index (Phi) is 2.25. The molecule has 0 saturated heterocycles. The lowest BCUT2D eigenvalue weighted by Gasteiger charge is -2.25. The second-order valence-corrected chi connectivity index (χ2v) is 4.96. The van der Waals surface area contributed by atoms with E-state index >= 15 is 0 Å². The molecule has 84 valence electrons. The van der Waals surface area contributed by atoms with Gasteiger partial charge in [0.05, 0.1) is 0 Å². The van der Waals surface area contributed by atoms with Gasteiger partial charge in [-0.15, -0.1) is 0 Å². The third-order valence-corrected chi connectivity index (χ3v) is 4.05. The fraction of sp³-hybridized carbons (Fsp3) is 0.429. The molecule has 0 atom stereocenters. The summed E-state index contributed by atoms with van der Waals surface area (Å²) < 4.78 is 0. The zero-order valence-electron chi connectivity index (χ0n) is 9.50. The summed E-state index contributed by atoms with van der Waals surface area (Å²) in [7, 11) is 0. The van der Waals surface area contributed by atoms with Gasteiger partial charge in [0.15, 0.2) is 0 Å². The number of benzene rings is 1. The highest BCUT2D eigenvalue weighted by molar-refractivity contribution is 5.80. The quantitative estimate of drug-likeness (QED) is 0.793. The molecule has 0 bridgehead atoms. The van der Waals surface area contributed by atoms with Crippen LogP contribution in [-0.2, 0) is 5.41 Å². The van der Waals surface area contributed by atoms with Gasteiger partial charge in [-0.3, -0.25) is 0 Å². The van der Waals surface area contributed by atoms with E-state index in [0.29, 0.717) is 0 Å². The van der Waals surface area contributed by atoms with Crippen LogP contribution in [0.15, 0.2) is 30.3 Å². The lowest BCUT2D eigenvalue weighted by molar-refractivity contribution is 0.442. The second-order valence-electron chi connectivity index (χ2n) is 4.96. The molecular weight excluding hydrogens is 196 g/mol. The van der Waals surface area contributed by atoms with Gasteiger partial charge in [0.2, 0.25) is 0 Å². The van der Waals surface area contributed by atoms with Crippen LogP contribution < -0.4 is 5.73 Å². The van der Waals surface area contributed by atoms with Crippen molar-refractivity contribution >= 4 is 10.9 Å². The van der Waals surface area contributed by atoms with Crippen molar-refractivity contribution in [3.63, 3.8) is 0 Å². The number of hydrogen-bond acceptors (Lipinski definition) is 1. The summed E-state index contributed by atoms with van der Waals surface area (Å²) in [5.41, 5.74) is 8.80. The summed E-state index contributed by atoms with van der Waals surface area (Å²) in [6, 6.07) is 10.7. The van der Waals surface area contributed by atoms with Gasteiger partial charge in [-0.05, 0) is 30.4 Å². The molecule has 1 aromatic carbocycles. The summed E-state index contributed by atoms with van der Waals surface area (Å²) in [5.74, 6) is 0. The predicted molar refractivity (Wildman–Crippen MR) is 67.5 cm³/mol. The Hall–Kier alpha value is -1.28. The number of nitrogens with one attached hydrogen (secondary N) is 1. The van der Waals surface area contributed by atoms with E-state index in [2.05, 4.69) is 35.3 Å². The predicted octanol–water partition coefficient (Wildman–Crippen LogP) is 2.94. The summed E-state index contributed by atoms with van der Waals surface area (Å²) in [5, 5.41) is 1.30. The van der Waals surface area contributed by atoms with Crippen LogP contribution in [0.25, 0.3) is 10.9 Å². The average Bonchev–Trinajstić information content (AvgIpc) is 2.96. The highest BCUT2D eigenvalue weighted by Crippen LogP contribution is 2.40. The Labute approximate surface area is 95.8 Å². The number of fused-ring (bicyclic) bond motifs is 1. The molecule has 0 radical (unpaired) electrons. The standard InChI is InChI=1S/C14H18N2/c15-10-14(7-3-4-8-14)13-9-11-5-1-2-6-12(11)16-13/h1-2,5-6,9,16H,3-4,7-8,10,15H2. The van der Waals surface area contributed by atoms with Crippen LogP contribution in [0, 0.1) is 0 Å². The normalized spacial score (nSPS) is 19.3. The van der Waals surface area contributed by atoms with Gasteiger partial charge in [0.1, 0.15) is 0 Å². The van der Waals surface area contributed by atoms with Gasteiger partial charge >= 0.3 is 0 Å². The van der Waals surface area contributed by atoms with Gasteiger partial charge in [-0.25, -0.2) is 0 Å². The van der Waals surface area contributed by atoms with Gasteiger partial charge in [0, 0.05) is 23.2 Å². The van der Waals surface area contributed by atoms with E-state index in [0.717, 1.165) is 6.54 Å². The van der Waals surface area contributed by atoms with E-state index in [4.69, 9.17) is 5.73 Å². The Morgan fingerprint density at radius 2 is 1.94 bits per heavy atom. The molecule has 1 aliphatic carbocycles. The monoisotopic (exact) mass is 214 g/mol. The first-order valence-corrected chi connectivity index (χ1v) is 6.12. The van der Waals surface area contributed by atoms with Crippen molar-refractivity contribution in [2.45, 2.75) is 31.1 Å². The zero-order valence-corrected chi connectivity index (χ0v) is 9.50. The molecule has 1 aliphatic rings. The van der Waals surface area contributed by atoms with Crippen molar-refractivity contribution in [3.8, 4) is 0 Å². The fourth-order valence-corrected chi connectivity index (χ4v) is 2.99.